The topological polar surface area (TPSA) is 91.9 Å². The number of para-hydroxylation sites is 3. The van der Waals surface area contributed by atoms with Crippen LogP contribution >= 0.6 is 11.6 Å². The number of imidazole rings is 1. The number of alkyl halides is 3. The van der Waals surface area contributed by atoms with Crippen LogP contribution in [0.2, 0.25) is 5.02 Å². The average molecular weight is 596 g/mol. The molecule has 5 rings (SSSR count). The van der Waals surface area contributed by atoms with E-state index in [9.17, 15) is 26.4 Å². The number of nitrogens with one attached hydrogen (secondary N) is 2. The van der Waals surface area contributed by atoms with Crippen molar-refractivity contribution in [2.45, 2.75) is 16.8 Å². The number of fused-ring (bicyclic) bond motifs is 1. The quantitative estimate of drug-likeness (QED) is 0.190. The lowest BCUT2D eigenvalue weighted by atomic mass is 10.1. The number of hydrogen-bond donors (Lipinski definition) is 2. The second-order valence-corrected chi connectivity index (χ2v) is 11.5. The Balaban J connectivity index is 1.33. The van der Waals surface area contributed by atoms with Crippen molar-refractivity contribution < 1.29 is 26.4 Å². The normalized spacial score (nSPS) is 12.2. The standard InChI is InChI=1S/C30H21ClF3N3O3S/c31-24-14-13-21(30(32,33)34)17-20(24)18-41(39,40)22-7-5-6-19(16-22)12-15-28(38)35-25-9-2-1-8-23(25)29-36-26-10-3-4-11-27(26)37-29/h1-17H,18H2,(H,35,38)(H,36,37)/b15-12+. The van der Waals surface area contributed by atoms with Crippen molar-refractivity contribution in [1.29, 1.82) is 0 Å². The van der Waals surface area contributed by atoms with Crippen molar-refractivity contribution in [1.82, 2.24) is 9.97 Å². The van der Waals surface area contributed by atoms with Crippen molar-refractivity contribution in [3.8, 4) is 11.4 Å². The van der Waals surface area contributed by atoms with Crippen LogP contribution in [0.15, 0.2) is 102 Å². The molecule has 0 aliphatic rings. The molecule has 0 saturated heterocycles. The Kier molecular flexibility index (Phi) is 7.70. The molecule has 0 atom stereocenters. The summed E-state index contributed by atoms with van der Waals surface area (Å²) in [5.74, 6) is -0.593. The van der Waals surface area contributed by atoms with E-state index < -0.39 is 33.2 Å². The first-order valence-electron chi connectivity index (χ1n) is 12.2. The van der Waals surface area contributed by atoms with Gasteiger partial charge in [0, 0.05) is 16.7 Å². The van der Waals surface area contributed by atoms with Gasteiger partial charge in [-0.2, -0.15) is 13.2 Å². The summed E-state index contributed by atoms with van der Waals surface area (Å²) in [6, 6.07) is 23.0. The second kappa shape index (κ2) is 11.2. The predicted molar refractivity (Wildman–Crippen MR) is 153 cm³/mol. The molecule has 4 aromatic carbocycles. The molecule has 41 heavy (non-hydrogen) atoms. The zero-order chi connectivity index (χ0) is 29.2. The Bertz CT molecular complexity index is 1870. The van der Waals surface area contributed by atoms with Crippen LogP contribution in [-0.2, 0) is 26.6 Å². The monoisotopic (exact) mass is 595 g/mol. The lowest BCUT2D eigenvalue weighted by Crippen LogP contribution is -2.09. The molecule has 208 valence electrons. The number of aromatic amines is 1. The van der Waals surface area contributed by atoms with Gasteiger partial charge in [0.2, 0.25) is 5.91 Å². The van der Waals surface area contributed by atoms with Crippen LogP contribution in [0.5, 0.6) is 0 Å². The maximum absolute atomic E-state index is 13.1. The van der Waals surface area contributed by atoms with Crippen LogP contribution < -0.4 is 5.32 Å². The fourth-order valence-corrected chi connectivity index (χ4v) is 5.87. The summed E-state index contributed by atoms with van der Waals surface area (Å²) in [7, 11) is -4.05. The Labute approximate surface area is 238 Å². The van der Waals surface area contributed by atoms with Crippen LogP contribution in [0.25, 0.3) is 28.5 Å². The van der Waals surface area contributed by atoms with Crippen LogP contribution in [0.4, 0.5) is 18.9 Å². The highest BCUT2D eigenvalue weighted by molar-refractivity contribution is 7.90. The van der Waals surface area contributed by atoms with Crippen molar-refractivity contribution >= 4 is 50.1 Å². The summed E-state index contributed by atoms with van der Waals surface area (Å²) >= 11 is 6.00. The number of halogens is 4. The van der Waals surface area contributed by atoms with Crippen LogP contribution in [0.1, 0.15) is 16.7 Å². The van der Waals surface area contributed by atoms with Crippen LogP contribution in [0.3, 0.4) is 0 Å². The summed E-state index contributed by atoms with van der Waals surface area (Å²) in [5, 5.41) is 2.73. The number of benzene rings is 4. The van der Waals surface area contributed by atoms with Crippen LogP contribution in [-0.4, -0.2) is 24.3 Å². The van der Waals surface area contributed by atoms with Crippen LogP contribution in [0, 0.1) is 0 Å². The number of anilines is 1. The van der Waals surface area contributed by atoms with E-state index in [1.165, 1.54) is 30.4 Å². The molecule has 0 fully saturated rings. The third kappa shape index (κ3) is 6.50. The van der Waals surface area contributed by atoms with E-state index in [0.29, 0.717) is 22.6 Å². The molecule has 0 aliphatic heterocycles. The number of sulfone groups is 1. The summed E-state index contributed by atoms with van der Waals surface area (Å²) in [6.07, 6.45) is -1.94. The predicted octanol–water partition coefficient (Wildman–Crippen LogP) is 7.53. The van der Waals surface area contributed by atoms with Gasteiger partial charge in [-0.3, -0.25) is 4.79 Å². The Morgan fingerprint density at radius 2 is 1.71 bits per heavy atom. The highest BCUT2D eigenvalue weighted by atomic mass is 35.5. The van der Waals surface area contributed by atoms with E-state index in [2.05, 4.69) is 15.3 Å². The molecule has 0 radical (unpaired) electrons. The Morgan fingerprint density at radius 1 is 0.951 bits per heavy atom. The minimum absolute atomic E-state index is 0.0859. The molecule has 0 aliphatic carbocycles. The number of amides is 1. The molecule has 5 aromatic rings. The van der Waals surface area contributed by atoms with Crippen molar-refractivity contribution in [3.63, 3.8) is 0 Å². The number of carbonyl (C=O) groups excluding carboxylic acids is 1. The Morgan fingerprint density at radius 3 is 2.49 bits per heavy atom. The molecule has 0 bridgehead atoms. The van der Waals surface area contributed by atoms with Gasteiger partial charge in [-0.15, -0.1) is 0 Å². The van der Waals surface area contributed by atoms with E-state index in [0.717, 1.165) is 29.2 Å². The summed E-state index contributed by atoms with van der Waals surface area (Å²) in [6.45, 7) is 0. The van der Waals surface area contributed by atoms with Gasteiger partial charge in [0.25, 0.3) is 0 Å². The zero-order valence-electron chi connectivity index (χ0n) is 21.1. The molecule has 11 heteroatoms. The van der Waals surface area contributed by atoms with Gasteiger partial charge in [0.1, 0.15) is 5.82 Å². The first kappa shape index (κ1) is 28.1. The fourth-order valence-electron chi connectivity index (χ4n) is 4.19. The number of rotatable bonds is 7. The SMILES string of the molecule is O=C(/C=C/c1cccc(S(=O)(=O)Cc2cc(C(F)(F)F)ccc2Cl)c1)Nc1ccccc1-c1nc2ccccc2[nH]1. The van der Waals surface area contributed by atoms with Gasteiger partial charge in [-0.25, -0.2) is 13.4 Å². The molecule has 1 amide bonds. The van der Waals surface area contributed by atoms with E-state index in [1.807, 2.05) is 36.4 Å². The summed E-state index contributed by atoms with van der Waals surface area (Å²) in [5.41, 5.74) is 2.10. The van der Waals surface area contributed by atoms with Crippen molar-refractivity contribution in [2.24, 2.45) is 0 Å². The molecule has 0 spiro atoms. The van der Waals surface area contributed by atoms with E-state index >= 15 is 0 Å². The first-order chi connectivity index (χ1) is 19.5. The molecule has 0 saturated carbocycles. The van der Waals surface area contributed by atoms with Crippen molar-refractivity contribution in [3.05, 3.63) is 119 Å². The van der Waals surface area contributed by atoms with E-state index in [1.54, 1.807) is 18.2 Å². The van der Waals surface area contributed by atoms with Gasteiger partial charge in [-0.1, -0.05) is 48.0 Å². The summed E-state index contributed by atoms with van der Waals surface area (Å²) < 4.78 is 65.4. The smallest absolute Gasteiger partial charge is 0.338 e. The third-order valence-electron chi connectivity index (χ3n) is 6.19. The lowest BCUT2D eigenvalue weighted by Gasteiger charge is -2.11. The number of aromatic nitrogens is 2. The molecule has 0 unspecified atom stereocenters. The van der Waals surface area contributed by atoms with Gasteiger partial charge >= 0.3 is 6.18 Å². The number of H-pyrrole nitrogens is 1. The van der Waals surface area contributed by atoms with Crippen molar-refractivity contribution in [2.75, 3.05) is 5.32 Å². The lowest BCUT2D eigenvalue weighted by molar-refractivity contribution is -0.137. The molecular formula is C30H21ClF3N3O3S. The van der Waals surface area contributed by atoms with Gasteiger partial charge in [-0.05, 0) is 71.8 Å². The number of hydrogen-bond acceptors (Lipinski definition) is 4. The van der Waals surface area contributed by atoms with Gasteiger partial charge < -0.3 is 10.3 Å². The Hall–Kier alpha value is -4.41. The van der Waals surface area contributed by atoms with Gasteiger partial charge in [0.05, 0.1) is 32.9 Å². The number of nitrogens with zero attached hydrogens (tertiary/aromatic N) is 1. The van der Waals surface area contributed by atoms with Gasteiger partial charge in [0.15, 0.2) is 9.84 Å². The highest BCUT2D eigenvalue weighted by Gasteiger charge is 2.31. The number of carbonyl (C=O) groups is 1. The zero-order valence-corrected chi connectivity index (χ0v) is 22.7. The minimum Gasteiger partial charge on any atom is -0.338 e. The first-order valence-corrected chi connectivity index (χ1v) is 14.2. The maximum atomic E-state index is 13.1. The largest absolute Gasteiger partial charge is 0.416 e. The molecule has 6 nitrogen and oxygen atoms in total. The molecule has 1 aromatic heterocycles. The second-order valence-electron chi connectivity index (χ2n) is 9.11. The molecular weight excluding hydrogens is 575 g/mol. The molecule has 2 N–H and O–H groups in total. The average Bonchev–Trinajstić information content (AvgIpc) is 3.37. The minimum atomic E-state index is -4.64. The highest BCUT2D eigenvalue weighted by Crippen LogP contribution is 2.33. The summed E-state index contributed by atoms with van der Waals surface area (Å²) in [4.78, 5) is 20.5. The third-order valence-corrected chi connectivity index (χ3v) is 8.22. The fraction of sp³-hybridized carbons (Fsp3) is 0.0667. The maximum Gasteiger partial charge on any atom is 0.416 e. The molecule has 1 heterocycles. The van der Waals surface area contributed by atoms with E-state index in [-0.39, 0.29) is 15.5 Å². The van der Waals surface area contributed by atoms with E-state index in [4.69, 9.17) is 11.6 Å².